The molecule has 0 aliphatic heterocycles. The zero-order valence-corrected chi connectivity index (χ0v) is 15.2. The average molecular weight is 371 g/mol. The SMILES string of the molecule is Nc1c(NCc2ccco2)ncnc1NC(c1ccccc1)c1ccccc1. The highest BCUT2D eigenvalue weighted by atomic mass is 16.3. The minimum absolute atomic E-state index is 0.0856. The summed E-state index contributed by atoms with van der Waals surface area (Å²) in [6.45, 7) is 0.494. The van der Waals surface area contributed by atoms with Crippen LogP contribution in [0.2, 0.25) is 0 Å². The largest absolute Gasteiger partial charge is 0.467 e. The number of rotatable bonds is 7. The van der Waals surface area contributed by atoms with Crippen molar-refractivity contribution in [2.45, 2.75) is 12.6 Å². The molecule has 0 bridgehead atoms. The van der Waals surface area contributed by atoms with E-state index in [1.165, 1.54) is 6.33 Å². The number of anilines is 3. The molecule has 0 saturated heterocycles. The number of nitrogens with zero attached hydrogens (tertiary/aromatic N) is 2. The third-order valence-electron chi connectivity index (χ3n) is 4.44. The molecule has 2 aromatic heterocycles. The fourth-order valence-electron chi connectivity index (χ4n) is 3.02. The van der Waals surface area contributed by atoms with E-state index in [0.717, 1.165) is 16.9 Å². The van der Waals surface area contributed by atoms with Gasteiger partial charge in [0.1, 0.15) is 17.8 Å². The van der Waals surface area contributed by atoms with Crippen molar-refractivity contribution in [1.29, 1.82) is 0 Å². The van der Waals surface area contributed by atoms with E-state index in [1.54, 1.807) is 6.26 Å². The van der Waals surface area contributed by atoms with Gasteiger partial charge >= 0.3 is 0 Å². The summed E-state index contributed by atoms with van der Waals surface area (Å²) in [6.07, 6.45) is 3.13. The molecule has 140 valence electrons. The highest BCUT2D eigenvalue weighted by Crippen LogP contribution is 2.30. The molecule has 0 saturated carbocycles. The van der Waals surface area contributed by atoms with Gasteiger partial charge in [-0.3, -0.25) is 0 Å². The summed E-state index contributed by atoms with van der Waals surface area (Å²) in [4.78, 5) is 8.63. The van der Waals surface area contributed by atoms with Gasteiger partial charge in [0.2, 0.25) is 0 Å². The summed E-state index contributed by atoms with van der Waals surface area (Å²) in [6, 6.07) is 24.1. The molecular formula is C22H21N5O. The summed E-state index contributed by atoms with van der Waals surface area (Å²) in [5, 5.41) is 6.67. The maximum absolute atomic E-state index is 6.35. The fourth-order valence-corrected chi connectivity index (χ4v) is 3.02. The van der Waals surface area contributed by atoms with Crippen molar-refractivity contribution >= 4 is 17.3 Å². The Labute approximate surface area is 163 Å². The summed E-state index contributed by atoms with van der Waals surface area (Å²) >= 11 is 0. The van der Waals surface area contributed by atoms with Gasteiger partial charge in [-0.25, -0.2) is 9.97 Å². The molecular weight excluding hydrogens is 350 g/mol. The number of aromatic nitrogens is 2. The Hall–Kier alpha value is -3.80. The standard InChI is InChI=1S/C22H21N5O/c23-19-21(24-14-18-12-7-13-28-18)25-15-26-22(19)27-20(16-8-3-1-4-9-16)17-10-5-2-6-11-17/h1-13,15,20H,14,23H2,(H2,24,25,26,27). The number of nitrogen functional groups attached to an aromatic ring is 1. The zero-order valence-electron chi connectivity index (χ0n) is 15.2. The maximum Gasteiger partial charge on any atom is 0.155 e. The van der Waals surface area contributed by atoms with Crippen LogP contribution in [0.25, 0.3) is 0 Å². The van der Waals surface area contributed by atoms with E-state index < -0.39 is 0 Å². The van der Waals surface area contributed by atoms with Gasteiger partial charge in [-0.2, -0.15) is 0 Å². The molecule has 2 heterocycles. The normalized spacial score (nSPS) is 10.8. The van der Waals surface area contributed by atoms with Crippen LogP contribution in [-0.2, 0) is 6.54 Å². The smallest absolute Gasteiger partial charge is 0.155 e. The van der Waals surface area contributed by atoms with Crippen molar-refractivity contribution in [3.63, 3.8) is 0 Å². The van der Waals surface area contributed by atoms with Crippen LogP contribution in [0.1, 0.15) is 22.9 Å². The summed E-state index contributed by atoms with van der Waals surface area (Å²) in [5.74, 6) is 1.95. The summed E-state index contributed by atoms with van der Waals surface area (Å²) in [5.41, 5.74) is 9.05. The lowest BCUT2D eigenvalue weighted by Gasteiger charge is -2.22. The van der Waals surface area contributed by atoms with Gasteiger partial charge in [0.05, 0.1) is 18.8 Å². The lowest BCUT2D eigenvalue weighted by Crippen LogP contribution is -2.16. The Morgan fingerprint density at radius 1 is 0.821 bits per heavy atom. The summed E-state index contributed by atoms with van der Waals surface area (Å²) in [7, 11) is 0. The predicted octanol–water partition coefficient (Wildman–Crippen LogP) is 4.47. The molecule has 6 nitrogen and oxygen atoms in total. The van der Waals surface area contributed by atoms with Crippen molar-refractivity contribution in [2.75, 3.05) is 16.4 Å². The molecule has 6 heteroatoms. The molecule has 4 rings (SSSR count). The zero-order chi connectivity index (χ0) is 19.2. The van der Waals surface area contributed by atoms with Crippen molar-refractivity contribution in [1.82, 2.24) is 9.97 Å². The molecule has 0 fully saturated rings. The third-order valence-corrected chi connectivity index (χ3v) is 4.44. The molecule has 0 aliphatic rings. The number of hydrogen-bond acceptors (Lipinski definition) is 6. The van der Waals surface area contributed by atoms with Crippen LogP contribution in [0.4, 0.5) is 17.3 Å². The van der Waals surface area contributed by atoms with Crippen molar-refractivity contribution < 1.29 is 4.42 Å². The van der Waals surface area contributed by atoms with Crippen LogP contribution in [-0.4, -0.2) is 9.97 Å². The van der Waals surface area contributed by atoms with Crippen LogP contribution in [0.5, 0.6) is 0 Å². The van der Waals surface area contributed by atoms with Crippen LogP contribution >= 0.6 is 0 Å². The van der Waals surface area contributed by atoms with Crippen LogP contribution in [0.3, 0.4) is 0 Å². The second-order valence-electron chi connectivity index (χ2n) is 6.32. The van der Waals surface area contributed by atoms with E-state index in [-0.39, 0.29) is 6.04 Å². The monoisotopic (exact) mass is 371 g/mol. The molecule has 2 aromatic carbocycles. The number of furan rings is 1. The van der Waals surface area contributed by atoms with Gasteiger partial charge in [-0.1, -0.05) is 60.7 Å². The molecule has 28 heavy (non-hydrogen) atoms. The number of nitrogens with two attached hydrogens (primary N) is 1. The minimum Gasteiger partial charge on any atom is -0.467 e. The molecule has 0 aliphatic carbocycles. The average Bonchev–Trinajstić information content (AvgIpc) is 3.27. The van der Waals surface area contributed by atoms with Crippen LogP contribution < -0.4 is 16.4 Å². The van der Waals surface area contributed by atoms with Crippen molar-refractivity contribution in [3.05, 3.63) is 102 Å². The first-order valence-corrected chi connectivity index (χ1v) is 9.04. The predicted molar refractivity (Wildman–Crippen MR) is 111 cm³/mol. The van der Waals surface area contributed by atoms with Gasteiger partial charge in [-0.15, -0.1) is 0 Å². The Kier molecular flexibility index (Phi) is 5.20. The fraction of sp³-hybridized carbons (Fsp3) is 0.0909. The first kappa shape index (κ1) is 17.6. The van der Waals surface area contributed by atoms with E-state index in [1.807, 2.05) is 48.5 Å². The molecule has 4 N–H and O–H groups in total. The van der Waals surface area contributed by atoms with E-state index in [4.69, 9.17) is 10.2 Å². The quantitative estimate of drug-likeness (QED) is 0.444. The van der Waals surface area contributed by atoms with Gasteiger partial charge in [0.25, 0.3) is 0 Å². The maximum atomic E-state index is 6.35. The lowest BCUT2D eigenvalue weighted by atomic mass is 9.99. The topological polar surface area (TPSA) is 89.0 Å². The Morgan fingerprint density at radius 3 is 2.07 bits per heavy atom. The van der Waals surface area contributed by atoms with Crippen LogP contribution in [0.15, 0.2) is 89.8 Å². The minimum atomic E-state index is -0.0856. The number of benzene rings is 2. The third kappa shape index (κ3) is 3.96. The molecule has 0 amide bonds. The summed E-state index contributed by atoms with van der Waals surface area (Å²) < 4.78 is 5.34. The molecule has 4 aromatic rings. The van der Waals surface area contributed by atoms with E-state index in [2.05, 4.69) is 44.9 Å². The van der Waals surface area contributed by atoms with Crippen molar-refractivity contribution in [2.24, 2.45) is 0 Å². The Morgan fingerprint density at radius 2 is 1.46 bits per heavy atom. The van der Waals surface area contributed by atoms with Crippen LogP contribution in [0, 0.1) is 0 Å². The van der Waals surface area contributed by atoms with Gasteiger partial charge in [0.15, 0.2) is 11.6 Å². The molecule has 0 unspecified atom stereocenters. The Balaban J connectivity index is 1.61. The van der Waals surface area contributed by atoms with Crippen molar-refractivity contribution in [3.8, 4) is 0 Å². The van der Waals surface area contributed by atoms with Gasteiger partial charge in [-0.05, 0) is 23.3 Å². The molecule has 0 radical (unpaired) electrons. The highest BCUT2D eigenvalue weighted by molar-refractivity contribution is 5.74. The lowest BCUT2D eigenvalue weighted by molar-refractivity contribution is 0.518. The van der Waals surface area contributed by atoms with Gasteiger partial charge < -0.3 is 20.8 Å². The van der Waals surface area contributed by atoms with E-state index in [9.17, 15) is 0 Å². The Bertz CT molecular complexity index is 964. The number of hydrogen-bond donors (Lipinski definition) is 3. The second kappa shape index (κ2) is 8.26. The van der Waals surface area contributed by atoms with Gasteiger partial charge in [0, 0.05) is 0 Å². The second-order valence-corrected chi connectivity index (χ2v) is 6.32. The first-order valence-electron chi connectivity index (χ1n) is 9.04. The van der Waals surface area contributed by atoms with E-state index >= 15 is 0 Å². The molecule has 0 spiro atoms. The first-order chi connectivity index (χ1) is 13.8. The highest BCUT2D eigenvalue weighted by Gasteiger charge is 2.17. The van der Waals surface area contributed by atoms with E-state index in [0.29, 0.717) is 23.9 Å². The number of nitrogens with one attached hydrogen (secondary N) is 2. The molecule has 0 atom stereocenters.